The van der Waals surface area contributed by atoms with Gasteiger partial charge in [0.05, 0.1) is 21.3 Å². The van der Waals surface area contributed by atoms with Gasteiger partial charge in [-0.1, -0.05) is 0 Å². The van der Waals surface area contributed by atoms with E-state index in [2.05, 4.69) is 32.9 Å². The van der Waals surface area contributed by atoms with Crippen molar-refractivity contribution in [2.75, 3.05) is 11.9 Å². The molecule has 122 valence electrons. The minimum atomic E-state index is -0.528. The third-order valence-corrected chi connectivity index (χ3v) is 4.83. The molecule has 0 saturated carbocycles. The smallest absolute Gasteiger partial charge is 0.338 e. The van der Waals surface area contributed by atoms with Crippen molar-refractivity contribution in [1.29, 1.82) is 0 Å². The first-order valence-electron chi connectivity index (χ1n) is 7.09. The van der Waals surface area contributed by atoms with Crippen LogP contribution < -0.4 is 5.32 Å². The lowest BCUT2D eigenvalue weighted by atomic mass is 10.2. The van der Waals surface area contributed by atoms with Crippen LogP contribution in [0.25, 0.3) is 10.2 Å². The van der Waals surface area contributed by atoms with Crippen LogP contribution in [0.3, 0.4) is 0 Å². The molecule has 3 rings (SSSR count). The van der Waals surface area contributed by atoms with Gasteiger partial charge >= 0.3 is 5.97 Å². The van der Waals surface area contributed by atoms with Crippen molar-refractivity contribution in [2.45, 2.75) is 6.92 Å². The van der Waals surface area contributed by atoms with Gasteiger partial charge in [-0.2, -0.15) is 0 Å². The highest BCUT2D eigenvalue weighted by atomic mass is 127. The SMILES string of the molecule is Cc1cc(I)ccc1NC(=O)COC(=O)c1ccc2ncsc2c1. The van der Waals surface area contributed by atoms with Crippen LogP contribution in [0.4, 0.5) is 5.69 Å². The number of anilines is 1. The molecule has 5 nitrogen and oxygen atoms in total. The number of benzene rings is 2. The number of thiazole rings is 1. The predicted octanol–water partition coefficient (Wildman–Crippen LogP) is 4.00. The van der Waals surface area contributed by atoms with Crippen LogP contribution in [0.1, 0.15) is 15.9 Å². The van der Waals surface area contributed by atoms with E-state index in [0.29, 0.717) is 11.3 Å². The molecular weight excluding hydrogens is 439 g/mol. The Balaban J connectivity index is 1.60. The van der Waals surface area contributed by atoms with E-state index in [1.165, 1.54) is 11.3 Å². The summed E-state index contributed by atoms with van der Waals surface area (Å²) in [5.74, 6) is -0.897. The number of fused-ring (bicyclic) bond motifs is 1. The first kappa shape index (κ1) is 16.8. The van der Waals surface area contributed by atoms with Crippen molar-refractivity contribution in [1.82, 2.24) is 4.98 Å². The summed E-state index contributed by atoms with van der Waals surface area (Å²) in [4.78, 5) is 28.2. The molecule has 0 fully saturated rings. The molecule has 0 radical (unpaired) electrons. The Morgan fingerprint density at radius 2 is 2.08 bits per heavy atom. The minimum absolute atomic E-state index is 0.328. The van der Waals surface area contributed by atoms with Crippen molar-refractivity contribution in [3.8, 4) is 0 Å². The molecule has 2 aromatic carbocycles. The van der Waals surface area contributed by atoms with Crippen LogP contribution in [0.15, 0.2) is 41.9 Å². The third-order valence-electron chi connectivity index (χ3n) is 3.36. The summed E-state index contributed by atoms with van der Waals surface area (Å²) in [5.41, 5.74) is 4.63. The minimum Gasteiger partial charge on any atom is -0.452 e. The van der Waals surface area contributed by atoms with Gasteiger partial charge in [-0.25, -0.2) is 9.78 Å². The number of nitrogens with zero attached hydrogens (tertiary/aromatic N) is 1. The number of aryl methyl sites for hydroxylation is 1. The first-order valence-corrected chi connectivity index (χ1v) is 9.05. The molecule has 0 atom stereocenters. The van der Waals surface area contributed by atoms with Gasteiger partial charge in [-0.3, -0.25) is 4.79 Å². The molecule has 0 aliphatic heterocycles. The monoisotopic (exact) mass is 452 g/mol. The number of hydrogen-bond acceptors (Lipinski definition) is 5. The Kier molecular flexibility index (Phi) is 5.10. The molecule has 0 unspecified atom stereocenters. The number of nitrogens with one attached hydrogen (secondary N) is 1. The number of aromatic nitrogens is 1. The lowest BCUT2D eigenvalue weighted by Gasteiger charge is -2.09. The second-order valence-corrected chi connectivity index (χ2v) is 7.25. The van der Waals surface area contributed by atoms with Crippen LogP contribution in [0.2, 0.25) is 0 Å². The summed E-state index contributed by atoms with van der Waals surface area (Å²) in [5, 5.41) is 2.74. The second-order valence-electron chi connectivity index (χ2n) is 5.12. The van der Waals surface area contributed by atoms with Crippen LogP contribution in [0.5, 0.6) is 0 Å². The van der Waals surface area contributed by atoms with Crippen molar-refractivity contribution in [2.24, 2.45) is 0 Å². The molecule has 1 N–H and O–H groups in total. The molecule has 24 heavy (non-hydrogen) atoms. The lowest BCUT2D eigenvalue weighted by molar-refractivity contribution is -0.119. The summed E-state index contributed by atoms with van der Waals surface area (Å²) in [6.45, 7) is 1.58. The zero-order valence-electron chi connectivity index (χ0n) is 12.7. The molecule has 0 aliphatic carbocycles. The summed E-state index contributed by atoms with van der Waals surface area (Å²) in [6.07, 6.45) is 0. The molecular formula is C17H13IN2O3S. The van der Waals surface area contributed by atoms with Crippen LogP contribution >= 0.6 is 33.9 Å². The van der Waals surface area contributed by atoms with Crippen LogP contribution in [-0.4, -0.2) is 23.5 Å². The summed E-state index contributed by atoms with van der Waals surface area (Å²) in [7, 11) is 0. The summed E-state index contributed by atoms with van der Waals surface area (Å²) >= 11 is 3.66. The Labute approximate surface area is 156 Å². The summed E-state index contributed by atoms with van der Waals surface area (Å²) in [6, 6.07) is 10.8. The molecule has 1 amide bonds. The third kappa shape index (κ3) is 3.90. The van der Waals surface area contributed by atoms with E-state index in [4.69, 9.17) is 4.74 Å². The number of ether oxygens (including phenoxy) is 1. The number of halogens is 1. The highest BCUT2D eigenvalue weighted by Gasteiger charge is 2.12. The average Bonchev–Trinajstić information content (AvgIpc) is 3.03. The van der Waals surface area contributed by atoms with Gasteiger partial charge in [0.15, 0.2) is 6.61 Å². The first-order chi connectivity index (χ1) is 11.5. The van der Waals surface area contributed by atoms with Gasteiger partial charge in [-0.05, 0) is 71.5 Å². The molecule has 7 heteroatoms. The van der Waals surface area contributed by atoms with Gasteiger partial charge in [0.1, 0.15) is 0 Å². The van der Waals surface area contributed by atoms with E-state index in [0.717, 1.165) is 19.4 Å². The van der Waals surface area contributed by atoms with Crippen molar-refractivity contribution >= 4 is 61.7 Å². The average molecular weight is 452 g/mol. The van der Waals surface area contributed by atoms with E-state index in [9.17, 15) is 9.59 Å². The van der Waals surface area contributed by atoms with Crippen molar-refractivity contribution in [3.63, 3.8) is 0 Å². The highest BCUT2D eigenvalue weighted by Crippen LogP contribution is 2.20. The van der Waals surface area contributed by atoms with E-state index in [1.54, 1.807) is 23.7 Å². The normalized spacial score (nSPS) is 10.6. The number of carbonyl (C=O) groups is 2. The number of carbonyl (C=O) groups excluding carboxylic acids is 2. The largest absolute Gasteiger partial charge is 0.452 e. The van der Waals surface area contributed by atoms with Gasteiger partial charge in [0, 0.05) is 9.26 Å². The zero-order valence-corrected chi connectivity index (χ0v) is 15.7. The molecule has 0 saturated heterocycles. The van der Waals surface area contributed by atoms with Gasteiger partial charge < -0.3 is 10.1 Å². The Hall–Kier alpha value is -2.00. The maximum Gasteiger partial charge on any atom is 0.338 e. The Bertz CT molecular complexity index is 923. The molecule has 1 heterocycles. The maximum atomic E-state index is 12.1. The predicted molar refractivity (Wildman–Crippen MR) is 102 cm³/mol. The zero-order chi connectivity index (χ0) is 17.1. The van der Waals surface area contributed by atoms with E-state index >= 15 is 0 Å². The molecule has 0 spiro atoms. The fraction of sp³-hybridized carbons (Fsp3) is 0.118. The molecule has 3 aromatic rings. The second kappa shape index (κ2) is 7.27. The number of rotatable bonds is 4. The Morgan fingerprint density at radius 3 is 2.88 bits per heavy atom. The van der Waals surface area contributed by atoms with Crippen molar-refractivity contribution in [3.05, 3.63) is 56.6 Å². The van der Waals surface area contributed by atoms with Gasteiger partial charge in [0.2, 0.25) is 0 Å². The molecule has 0 bridgehead atoms. The fourth-order valence-corrected chi connectivity index (χ4v) is 3.51. The Morgan fingerprint density at radius 1 is 1.25 bits per heavy atom. The number of amides is 1. The standard InChI is InChI=1S/C17H13IN2O3S/c1-10-6-12(18)3-5-13(10)20-16(21)8-23-17(22)11-2-4-14-15(7-11)24-9-19-14/h2-7,9H,8H2,1H3,(H,20,21). The van der Waals surface area contributed by atoms with E-state index in [-0.39, 0.29) is 12.5 Å². The number of esters is 1. The van der Waals surface area contributed by atoms with Crippen LogP contribution in [-0.2, 0) is 9.53 Å². The van der Waals surface area contributed by atoms with E-state index < -0.39 is 5.97 Å². The molecule has 0 aliphatic rings. The quantitative estimate of drug-likeness (QED) is 0.480. The molecule has 1 aromatic heterocycles. The topological polar surface area (TPSA) is 68.3 Å². The van der Waals surface area contributed by atoms with Crippen molar-refractivity contribution < 1.29 is 14.3 Å². The number of hydrogen-bond donors (Lipinski definition) is 1. The van der Waals surface area contributed by atoms with E-state index in [1.807, 2.05) is 25.1 Å². The summed E-state index contributed by atoms with van der Waals surface area (Å²) < 4.78 is 7.08. The van der Waals surface area contributed by atoms with Gasteiger partial charge in [0.25, 0.3) is 5.91 Å². The van der Waals surface area contributed by atoms with Gasteiger partial charge in [-0.15, -0.1) is 11.3 Å². The lowest BCUT2D eigenvalue weighted by Crippen LogP contribution is -2.21. The fourth-order valence-electron chi connectivity index (χ4n) is 2.15. The van der Waals surface area contributed by atoms with Crippen LogP contribution in [0, 0.1) is 10.5 Å². The highest BCUT2D eigenvalue weighted by molar-refractivity contribution is 14.1. The maximum absolute atomic E-state index is 12.1.